The van der Waals surface area contributed by atoms with Crippen LogP contribution in [0.5, 0.6) is 5.75 Å². The van der Waals surface area contributed by atoms with Gasteiger partial charge in [-0.05, 0) is 72.9 Å². The summed E-state index contributed by atoms with van der Waals surface area (Å²) in [4.78, 5) is 12.3. The van der Waals surface area contributed by atoms with Gasteiger partial charge in [-0.15, -0.1) is 0 Å². The molecule has 0 spiro atoms. The molecule has 32 heavy (non-hydrogen) atoms. The van der Waals surface area contributed by atoms with E-state index in [1.807, 2.05) is 18.2 Å². The highest BCUT2D eigenvalue weighted by atomic mass is 32.2. The molecule has 1 aliphatic carbocycles. The molecule has 4 rings (SSSR count). The molecule has 1 N–H and O–H groups in total. The second-order valence-corrected chi connectivity index (χ2v) is 10.6. The lowest BCUT2D eigenvalue weighted by Gasteiger charge is -2.31. The van der Waals surface area contributed by atoms with Crippen molar-refractivity contribution in [3.05, 3.63) is 53.6 Å². The monoisotopic (exact) mass is 456 g/mol. The van der Waals surface area contributed by atoms with Crippen molar-refractivity contribution in [1.82, 2.24) is 9.03 Å². The van der Waals surface area contributed by atoms with Crippen molar-refractivity contribution < 1.29 is 17.9 Å². The van der Waals surface area contributed by atoms with Gasteiger partial charge in [0.2, 0.25) is 5.91 Å². The van der Waals surface area contributed by atoms with Crippen LogP contribution in [-0.4, -0.2) is 38.8 Å². The molecule has 0 aromatic heterocycles. The maximum atomic E-state index is 12.7. The number of hydrogen-bond donors (Lipinski definition) is 1. The third kappa shape index (κ3) is 4.99. The molecule has 1 heterocycles. The first kappa shape index (κ1) is 22.8. The Labute approximate surface area is 191 Å². The highest BCUT2D eigenvalue weighted by Crippen LogP contribution is 2.33. The van der Waals surface area contributed by atoms with Crippen molar-refractivity contribution in [2.45, 2.75) is 51.4 Å². The van der Waals surface area contributed by atoms with Gasteiger partial charge < -0.3 is 4.74 Å². The van der Waals surface area contributed by atoms with Crippen LogP contribution in [0.15, 0.2) is 42.5 Å². The summed E-state index contributed by atoms with van der Waals surface area (Å²) in [5.41, 5.74) is 4.71. The van der Waals surface area contributed by atoms with Gasteiger partial charge in [0.1, 0.15) is 5.75 Å². The van der Waals surface area contributed by atoms with Gasteiger partial charge in [-0.3, -0.25) is 4.79 Å². The molecule has 2 aliphatic rings. The fraction of sp³-hybridized carbons (Fsp3) is 0.480. The quantitative estimate of drug-likeness (QED) is 0.699. The third-order valence-corrected chi connectivity index (χ3v) is 8.36. The smallest absolute Gasteiger partial charge is 0.303 e. The van der Waals surface area contributed by atoms with Crippen LogP contribution in [0.1, 0.15) is 55.6 Å². The number of carbonyl (C=O) groups excluding carboxylic acids is 1. The molecule has 7 heteroatoms. The Hall–Kier alpha value is -2.38. The lowest BCUT2D eigenvalue weighted by molar-refractivity contribution is -0.123. The molecule has 1 amide bonds. The summed E-state index contributed by atoms with van der Waals surface area (Å²) in [5.74, 6) is 0.645. The van der Waals surface area contributed by atoms with Gasteiger partial charge in [0, 0.05) is 19.0 Å². The number of nitrogens with zero attached hydrogens (tertiary/aromatic N) is 1. The van der Waals surface area contributed by atoms with Gasteiger partial charge in [-0.1, -0.05) is 43.2 Å². The maximum absolute atomic E-state index is 12.7. The predicted molar refractivity (Wildman–Crippen MR) is 126 cm³/mol. The van der Waals surface area contributed by atoms with E-state index in [1.165, 1.54) is 21.0 Å². The van der Waals surface area contributed by atoms with Crippen LogP contribution < -0.4 is 9.46 Å². The molecule has 6 nitrogen and oxygen atoms in total. The number of rotatable bonds is 6. The highest BCUT2D eigenvalue weighted by Gasteiger charge is 2.32. The Morgan fingerprint density at radius 1 is 1.03 bits per heavy atom. The molecule has 1 saturated carbocycles. The van der Waals surface area contributed by atoms with Crippen LogP contribution in [0.4, 0.5) is 0 Å². The minimum atomic E-state index is -3.76. The number of amides is 1. The fourth-order valence-electron chi connectivity index (χ4n) is 4.95. The van der Waals surface area contributed by atoms with E-state index in [-0.39, 0.29) is 11.8 Å². The van der Waals surface area contributed by atoms with E-state index in [0.717, 1.165) is 49.8 Å². The van der Waals surface area contributed by atoms with Gasteiger partial charge >= 0.3 is 10.2 Å². The molecule has 2 aromatic carbocycles. The highest BCUT2D eigenvalue weighted by molar-refractivity contribution is 7.87. The van der Waals surface area contributed by atoms with E-state index in [9.17, 15) is 13.2 Å². The zero-order valence-corrected chi connectivity index (χ0v) is 19.7. The molecule has 0 bridgehead atoms. The molecule has 1 saturated heterocycles. The van der Waals surface area contributed by atoms with Crippen molar-refractivity contribution >= 4 is 16.1 Å². The lowest BCUT2D eigenvalue weighted by Crippen LogP contribution is -2.47. The van der Waals surface area contributed by atoms with Crippen LogP contribution in [-0.2, 0) is 15.0 Å². The number of aryl methyl sites for hydroxylation is 1. The van der Waals surface area contributed by atoms with Crippen molar-refractivity contribution in [2.75, 3.05) is 20.2 Å². The van der Waals surface area contributed by atoms with Crippen molar-refractivity contribution in [2.24, 2.45) is 5.92 Å². The largest absolute Gasteiger partial charge is 0.497 e. The van der Waals surface area contributed by atoms with Crippen molar-refractivity contribution in [1.29, 1.82) is 0 Å². The molecule has 0 radical (unpaired) electrons. The van der Waals surface area contributed by atoms with E-state index in [1.54, 1.807) is 7.11 Å². The van der Waals surface area contributed by atoms with E-state index < -0.39 is 10.2 Å². The maximum Gasteiger partial charge on any atom is 0.303 e. The second-order valence-electron chi connectivity index (χ2n) is 8.93. The minimum absolute atomic E-state index is 0.159. The van der Waals surface area contributed by atoms with E-state index in [4.69, 9.17) is 4.74 Å². The predicted octanol–water partition coefficient (Wildman–Crippen LogP) is 4.40. The zero-order valence-electron chi connectivity index (χ0n) is 18.8. The molecule has 0 unspecified atom stereocenters. The molecule has 1 aliphatic heterocycles. The summed E-state index contributed by atoms with van der Waals surface area (Å²) in [6.07, 6.45) is 5.06. The Kier molecular flexibility index (Phi) is 6.86. The Morgan fingerprint density at radius 2 is 1.75 bits per heavy atom. The number of benzene rings is 2. The minimum Gasteiger partial charge on any atom is -0.497 e. The number of methoxy groups -OCH3 is 1. The third-order valence-electron chi connectivity index (χ3n) is 6.85. The van der Waals surface area contributed by atoms with Crippen LogP contribution >= 0.6 is 0 Å². The Balaban J connectivity index is 1.39. The van der Waals surface area contributed by atoms with E-state index in [0.29, 0.717) is 19.0 Å². The van der Waals surface area contributed by atoms with Crippen LogP contribution in [0, 0.1) is 12.8 Å². The number of ether oxygens (including phenoxy) is 1. The topological polar surface area (TPSA) is 75.7 Å². The first-order valence-corrected chi connectivity index (χ1v) is 12.9. The van der Waals surface area contributed by atoms with E-state index in [2.05, 4.69) is 35.9 Å². The molecular formula is C25H32N2O4S. The first-order chi connectivity index (χ1) is 15.4. The van der Waals surface area contributed by atoms with Gasteiger partial charge in [0.05, 0.1) is 7.11 Å². The number of carbonyl (C=O) groups is 1. The average molecular weight is 457 g/mol. The fourth-order valence-corrected chi connectivity index (χ4v) is 6.19. The molecule has 0 atom stereocenters. The molecule has 2 aromatic rings. The normalized spacial score (nSPS) is 18.6. The molecular weight excluding hydrogens is 424 g/mol. The standard InChI is InChI=1S/C25H32N2O4S/c1-18-16-21(10-11-24(18)22-8-5-9-23(17-22)31-2)19-12-14-27(15-13-19)32(29,30)26-25(28)20-6-3-4-7-20/h5,8-11,16-17,19-20H,3-4,6-7,12-15H2,1-2H3,(H,26,28). The SMILES string of the molecule is COc1cccc(-c2ccc(C3CCN(S(=O)(=O)NC(=O)C4CCCC4)CC3)cc2C)c1. The summed E-state index contributed by atoms with van der Waals surface area (Å²) < 4.78 is 34.5. The number of piperidine rings is 1. The summed E-state index contributed by atoms with van der Waals surface area (Å²) in [5, 5.41) is 0. The summed E-state index contributed by atoms with van der Waals surface area (Å²) in [6, 6.07) is 14.5. The number of hydrogen-bond acceptors (Lipinski definition) is 4. The van der Waals surface area contributed by atoms with Crippen molar-refractivity contribution in [3.8, 4) is 16.9 Å². The second kappa shape index (κ2) is 9.63. The van der Waals surface area contributed by atoms with E-state index >= 15 is 0 Å². The summed E-state index contributed by atoms with van der Waals surface area (Å²) in [6.45, 7) is 2.96. The first-order valence-electron chi connectivity index (χ1n) is 11.4. The van der Waals surface area contributed by atoms with Crippen LogP contribution in [0.2, 0.25) is 0 Å². The summed E-state index contributed by atoms with van der Waals surface area (Å²) in [7, 11) is -2.09. The van der Waals surface area contributed by atoms with Gasteiger partial charge in [0.25, 0.3) is 0 Å². The zero-order chi connectivity index (χ0) is 22.7. The summed E-state index contributed by atoms with van der Waals surface area (Å²) >= 11 is 0. The number of nitrogens with one attached hydrogen (secondary N) is 1. The molecule has 2 fully saturated rings. The average Bonchev–Trinajstić information content (AvgIpc) is 3.34. The van der Waals surface area contributed by atoms with Crippen molar-refractivity contribution in [3.63, 3.8) is 0 Å². The Bertz CT molecular complexity index is 1070. The van der Waals surface area contributed by atoms with Gasteiger partial charge in [-0.2, -0.15) is 12.7 Å². The van der Waals surface area contributed by atoms with Gasteiger partial charge in [0.15, 0.2) is 0 Å². The van der Waals surface area contributed by atoms with Gasteiger partial charge in [-0.25, -0.2) is 4.72 Å². The van der Waals surface area contributed by atoms with Crippen LogP contribution in [0.25, 0.3) is 11.1 Å². The van der Waals surface area contributed by atoms with Crippen LogP contribution in [0.3, 0.4) is 0 Å². The lowest BCUT2D eigenvalue weighted by atomic mass is 9.87. The molecule has 172 valence electrons. The Morgan fingerprint density at radius 3 is 2.41 bits per heavy atom.